The lowest BCUT2D eigenvalue weighted by molar-refractivity contribution is 0.228. The fourth-order valence-electron chi connectivity index (χ4n) is 4.06. The average Bonchev–Trinajstić information content (AvgIpc) is 3.01. The van der Waals surface area contributed by atoms with E-state index < -0.39 is 0 Å². The van der Waals surface area contributed by atoms with Crippen LogP contribution in [-0.2, 0) is 6.42 Å². The molecule has 0 saturated carbocycles. The van der Waals surface area contributed by atoms with E-state index >= 15 is 0 Å². The average molecular weight is 228 g/mol. The first-order valence-corrected chi connectivity index (χ1v) is 6.94. The highest BCUT2D eigenvalue weighted by molar-refractivity contribution is 5.34. The second-order valence-corrected chi connectivity index (χ2v) is 5.89. The van der Waals surface area contributed by atoms with Gasteiger partial charge < -0.3 is 5.32 Å². The molecule has 2 nitrogen and oxygen atoms in total. The molecule has 0 radical (unpaired) electrons. The molecule has 1 aromatic rings. The van der Waals surface area contributed by atoms with Gasteiger partial charge in [0, 0.05) is 19.1 Å². The molecule has 2 heterocycles. The van der Waals surface area contributed by atoms with E-state index in [1.165, 1.54) is 39.0 Å². The van der Waals surface area contributed by atoms with Crippen molar-refractivity contribution in [3.05, 3.63) is 35.4 Å². The number of hydrogen-bond acceptors (Lipinski definition) is 2. The highest BCUT2D eigenvalue weighted by Crippen LogP contribution is 2.40. The predicted octanol–water partition coefficient (Wildman–Crippen LogP) is 1.83. The lowest BCUT2D eigenvalue weighted by Gasteiger charge is -2.25. The Balaban J connectivity index is 1.58. The van der Waals surface area contributed by atoms with E-state index in [-0.39, 0.29) is 0 Å². The number of benzene rings is 1. The van der Waals surface area contributed by atoms with Gasteiger partial charge in [-0.25, -0.2) is 0 Å². The maximum atomic E-state index is 3.53. The van der Waals surface area contributed by atoms with Gasteiger partial charge in [0.05, 0.1) is 0 Å². The van der Waals surface area contributed by atoms with Crippen molar-refractivity contribution in [1.82, 2.24) is 10.2 Å². The summed E-state index contributed by atoms with van der Waals surface area (Å²) in [5, 5.41) is 3.53. The first kappa shape index (κ1) is 10.1. The molecule has 0 bridgehead atoms. The van der Waals surface area contributed by atoms with E-state index in [1.54, 1.807) is 11.1 Å². The third-order valence-corrected chi connectivity index (χ3v) is 4.96. The molecule has 1 aromatic carbocycles. The van der Waals surface area contributed by atoms with Gasteiger partial charge in [-0.1, -0.05) is 24.3 Å². The highest BCUT2D eigenvalue weighted by Gasteiger charge is 2.40. The quantitative estimate of drug-likeness (QED) is 0.789. The largest absolute Gasteiger partial charge is 0.316 e. The number of nitrogens with zero attached hydrogens (tertiary/aromatic N) is 1. The molecule has 3 aliphatic rings. The molecule has 2 aliphatic heterocycles. The van der Waals surface area contributed by atoms with Crippen LogP contribution in [0.5, 0.6) is 0 Å². The smallest absolute Gasteiger partial charge is 0.0354 e. The van der Waals surface area contributed by atoms with Crippen LogP contribution in [0.4, 0.5) is 0 Å². The van der Waals surface area contributed by atoms with Gasteiger partial charge in [0.15, 0.2) is 0 Å². The SMILES string of the molecule is c1ccc2c(c1)CCC2N1C[C@H]2CNC[C@H]2C1. The van der Waals surface area contributed by atoms with Crippen LogP contribution in [0.3, 0.4) is 0 Å². The summed E-state index contributed by atoms with van der Waals surface area (Å²) in [5.41, 5.74) is 3.20. The highest BCUT2D eigenvalue weighted by atomic mass is 15.2. The normalized spacial score (nSPS) is 36.1. The molecule has 17 heavy (non-hydrogen) atoms. The van der Waals surface area contributed by atoms with Gasteiger partial charge in [-0.05, 0) is 48.9 Å². The number of nitrogens with one attached hydrogen (secondary N) is 1. The molecular weight excluding hydrogens is 208 g/mol. The van der Waals surface area contributed by atoms with Crippen LogP contribution in [0.15, 0.2) is 24.3 Å². The van der Waals surface area contributed by atoms with Gasteiger partial charge in [-0.3, -0.25) is 4.90 Å². The Morgan fingerprint density at radius 3 is 2.65 bits per heavy atom. The van der Waals surface area contributed by atoms with Crippen LogP contribution >= 0.6 is 0 Å². The first-order valence-electron chi connectivity index (χ1n) is 6.94. The Morgan fingerprint density at radius 1 is 1.06 bits per heavy atom. The zero-order valence-corrected chi connectivity index (χ0v) is 10.2. The van der Waals surface area contributed by atoms with Crippen molar-refractivity contribution in [3.63, 3.8) is 0 Å². The third kappa shape index (κ3) is 1.54. The number of hydrogen-bond donors (Lipinski definition) is 1. The van der Waals surface area contributed by atoms with Crippen molar-refractivity contribution in [2.45, 2.75) is 18.9 Å². The van der Waals surface area contributed by atoms with E-state index in [1.807, 2.05) is 0 Å². The van der Waals surface area contributed by atoms with Crippen LogP contribution in [0.2, 0.25) is 0 Å². The van der Waals surface area contributed by atoms with Gasteiger partial charge in [0.1, 0.15) is 0 Å². The van der Waals surface area contributed by atoms with E-state index in [2.05, 4.69) is 34.5 Å². The monoisotopic (exact) mass is 228 g/mol. The molecule has 3 atom stereocenters. The van der Waals surface area contributed by atoms with Crippen LogP contribution in [0, 0.1) is 11.8 Å². The fourth-order valence-corrected chi connectivity index (χ4v) is 4.06. The number of fused-ring (bicyclic) bond motifs is 2. The fraction of sp³-hybridized carbons (Fsp3) is 0.600. The summed E-state index contributed by atoms with van der Waals surface area (Å²) in [6.07, 6.45) is 2.62. The standard InChI is InChI=1S/C15H20N2/c1-2-4-14-11(3-1)5-6-15(14)17-9-12-7-16-8-13(12)10-17/h1-4,12-13,15-16H,5-10H2/t12-,13+,15?. The molecule has 4 rings (SSSR count). The number of rotatable bonds is 1. The van der Waals surface area contributed by atoms with Crippen molar-refractivity contribution >= 4 is 0 Å². The van der Waals surface area contributed by atoms with Gasteiger partial charge >= 0.3 is 0 Å². The topological polar surface area (TPSA) is 15.3 Å². The van der Waals surface area contributed by atoms with E-state index in [9.17, 15) is 0 Å². The van der Waals surface area contributed by atoms with Crippen molar-refractivity contribution in [3.8, 4) is 0 Å². The Bertz CT molecular complexity index is 417. The molecule has 0 amide bonds. The van der Waals surface area contributed by atoms with Crippen molar-refractivity contribution in [2.24, 2.45) is 11.8 Å². The maximum Gasteiger partial charge on any atom is 0.0354 e. The van der Waals surface area contributed by atoms with E-state index in [0.29, 0.717) is 0 Å². The Hall–Kier alpha value is -0.860. The summed E-state index contributed by atoms with van der Waals surface area (Å²) >= 11 is 0. The molecule has 2 fully saturated rings. The lowest BCUT2D eigenvalue weighted by Crippen LogP contribution is -2.28. The zero-order chi connectivity index (χ0) is 11.2. The first-order chi connectivity index (χ1) is 8.42. The maximum absolute atomic E-state index is 3.53. The van der Waals surface area contributed by atoms with Gasteiger partial charge in [-0.2, -0.15) is 0 Å². The zero-order valence-electron chi connectivity index (χ0n) is 10.2. The lowest BCUT2D eigenvalue weighted by atomic mass is 10.0. The molecule has 1 unspecified atom stereocenters. The van der Waals surface area contributed by atoms with Gasteiger partial charge in [0.2, 0.25) is 0 Å². The minimum absolute atomic E-state index is 0.719. The second kappa shape index (κ2) is 3.82. The van der Waals surface area contributed by atoms with Crippen molar-refractivity contribution in [2.75, 3.05) is 26.2 Å². The van der Waals surface area contributed by atoms with E-state index in [4.69, 9.17) is 0 Å². The molecule has 2 saturated heterocycles. The van der Waals surface area contributed by atoms with E-state index in [0.717, 1.165) is 17.9 Å². The van der Waals surface area contributed by atoms with Crippen molar-refractivity contribution in [1.29, 1.82) is 0 Å². The Labute approximate surface area is 103 Å². The molecule has 90 valence electrons. The Kier molecular flexibility index (Phi) is 2.27. The summed E-state index contributed by atoms with van der Waals surface area (Å²) < 4.78 is 0. The Morgan fingerprint density at radius 2 is 1.82 bits per heavy atom. The number of likely N-dealkylation sites (tertiary alicyclic amines) is 1. The van der Waals surface area contributed by atoms with Gasteiger partial charge in [0.25, 0.3) is 0 Å². The molecule has 1 N–H and O–H groups in total. The molecule has 0 aromatic heterocycles. The number of aryl methyl sites for hydroxylation is 1. The second-order valence-electron chi connectivity index (χ2n) is 5.89. The minimum atomic E-state index is 0.719. The summed E-state index contributed by atoms with van der Waals surface area (Å²) in [4.78, 5) is 2.75. The predicted molar refractivity (Wildman–Crippen MR) is 68.9 cm³/mol. The van der Waals surface area contributed by atoms with Crippen LogP contribution in [0.1, 0.15) is 23.6 Å². The summed E-state index contributed by atoms with van der Waals surface area (Å²) in [5.74, 6) is 1.84. The summed E-state index contributed by atoms with van der Waals surface area (Å²) in [6, 6.07) is 9.77. The minimum Gasteiger partial charge on any atom is -0.316 e. The molecule has 2 heteroatoms. The third-order valence-electron chi connectivity index (χ3n) is 4.96. The molecule has 1 aliphatic carbocycles. The molecular formula is C15H20N2. The van der Waals surface area contributed by atoms with Crippen molar-refractivity contribution < 1.29 is 0 Å². The van der Waals surface area contributed by atoms with Crippen LogP contribution < -0.4 is 5.32 Å². The summed E-state index contributed by atoms with van der Waals surface area (Å²) in [6.45, 7) is 5.12. The summed E-state index contributed by atoms with van der Waals surface area (Å²) in [7, 11) is 0. The van der Waals surface area contributed by atoms with Crippen LogP contribution in [0.25, 0.3) is 0 Å². The molecule has 0 spiro atoms. The van der Waals surface area contributed by atoms with Crippen LogP contribution in [-0.4, -0.2) is 31.1 Å². The van der Waals surface area contributed by atoms with Gasteiger partial charge in [-0.15, -0.1) is 0 Å².